The zero-order chi connectivity index (χ0) is 13.7. The van der Waals surface area contributed by atoms with Gasteiger partial charge in [0.05, 0.1) is 6.54 Å². The molecule has 5 nitrogen and oxygen atoms in total. The van der Waals surface area contributed by atoms with Crippen LogP contribution in [0.5, 0.6) is 0 Å². The highest BCUT2D eigenvalue weighted by Gasteiger charge is 2.30. The summed E-state index contributed by atoms with van der Waals surface area (Å²) in [5.41, 5.74) is 10.8. The average Bonchev–Trinajstić information content (AvgIpc) is 2.34. The van der Waals surface area contributed by atoms with Crippen molar-refractivity contribution in [3.63, 3.8) is 0 Å². The molecule has 18 heavy (non-hydrogen) atoms. The lowest BCUT2D eigenvalue weighted by Gasteiger charge is -2.33. The van der Waals surface area contributed by atoms with Gasteiger partial charge in [-0.2, -0.15) is 0 Å². The Morgan fingerprint density at radius 1 is 1.22 bits per heavy atom. The van der Waals surface area contributed by atoms with Crippen LogP contribution in [0, 0.1) is 11.8 Å². The summed E-state index contributed by atoms with van der Waals surface area (Å²) in [4.78, 5) is 25.0. The second kappa shape index (κ2) is 6.73. The van der Waals surface area contributed by atoms with E-state index in [9.17, 15) is 9.59 Å². The molecule has 0 radical (unpaired) electrons. The van der Waals surface area contributed by atoms with Crippen molar-refractivity contribution in [3.05, 3.63) is 0 Å². The first-order valence-electron chi connectivity index (χ1n) is 6.74. The maximum absolute atomic E-state index is 12.4. The molecule has 2 amide bonds. The molecule has 0 unspecified atom stereocenters. The summed E-state index contributed by atoms with van der Waals surface area (Å²) in [6.45, 7) is 4.54. The molecular weight excluding hydrogens is 230 g/mol. The Hall–Kier alpha value is -1.10. The molecule has 1 aliphatic rings. The molecule has 0 aromatic rings. The minimum Gasteiger partial charge on any atom is -0.368 e. The fourth-order valence-corrected chi connectivity index (χ4v) is 2.56. The Bertz CT molecular complexity index is 297. The van der Waals surface area contributed by atoms with Crippen LogP contribution < -0.4 is 11.5 Å². The number of nitrogens with zero attached hydrogens (tertiary/aromatic N) is 1. The lowest BCUT2D eigenvalue weighted by Crippen LogP contribution is -2.46. The van der Waals surface area contributed by atoms with E-state index in [1.807, 2.05) is 13.8 Å². The highest BCUT2D eigenvalue weighted by molar-refractivity contribution is 5.85. The van der Waals surface area contributed by atoms with Gasteiger partial charge in [-0.3, -0.25) is 9.59 Å². The number of rotatable bonds is 5. The van der Waals surface area contributed by atoms with E-state index in [0.717, 1.165) is 25.7 Å². The molecule has 0 aliphatic heterocycles. The Kier molecular flexibility index (Phi) is 5.59. The summed E-state index contributed by atoms with van der Waals surface area (Å²) in [7, 11) is 0. The van der Waals surface area contributed by atoms with Crippen molar-refractivity contribution in [2.24, 2.45) is 23.3 Å². The van der Waals surface area contributed by atoms with Gasteiger partial charge in [0.25, 0.3) is 0 Å². The summed E-state index contributed by atoms with van der Waals surface area (Å²) in [5.74, 6) is 0.208. The van der Waals surface area contributed by atoms with Gasteiger partial charge in [-0.1, -0.05) is 0 Å². The van der Waals surface area contributed by atoms with Gasteiger partial charge in [-0.15, -0.1) is 0 Å². The SMILES string of the molecule is CC(C)N(CC(N)=O)C(=O)C1CCC(CN)CC1. The van der Waals surface area contributed by atoms with Crippen LogP contribution in [-0.2, 0) is 9.59 Å². The van der Waals surface area contributed by atoms with Gasteiger partial charge in [0, 0.05) is 12.0 Å². The standard InChI is InChI=1S/C13H25N3O2/c1-9(2)16(8-12(15)17)13(18)11-5-3-10(7-14)4-6-11/h9-11H,3-8,14H2,1-2H3,(H2,15,17). The van der Waals surface area contributed by atoms with Gasteiger partial charge < -0.3 is 16.4 Å². The van der Waals surface area contributed by atoms with Crippen LogP contribution >= 0.6 is 0 Å². The molecule has 0 atom stereocenters. The lowest BCUT2D eigenvalue weighted by molar-refractivity contribution is -0.141. The van der Waals surface area contributed by atoms with E-state index in [0.29, 0.717) is 12.5 Å². The number of hydrogen-bond acceptors (Lipinski definition) is 3. The topological polar surface area (TPSA) is 89.4 Å². The van der Waals surface area contributed by atoms with Crippen molar-refractivity contribution >= 4 is 11.8 Å². The summed E-state index contributed by atoms with van der Waals surface area (Å²) in [6, 6.07) is 0.0113. The van der Waals surface area contributed by atoms with E-state index in [1.54, 1.807) is 4.90 Å². The second-order valence-electron chi connectivity index (χ2n) is 5.48. The zero-order valence-electron chi connectivity index (χ0n) is 11.4. The normalized spacial score (nSPS) is 24.0. The van der Waals surface area contributed by atoms with Crippen molar-refractivity contribution in [3.8, 4) is 0 Å². The Morgan fingerprint density at radius 2 is 1.78 bits per heavy atom. The summed E-state index contributed by atoms with van der Waals surface area (Å²) in [6.07, 6.45) is 3.77. The fraction of sp³-hybridized carbons (Fsp3) is 0.846. The van der Waals surface area contributed by atoms with Crippen LogP contribution in [0.2, 0.25) is 0 Å². The molecule has 1 saturated carbocycles. The summed E-state index contributed by atoms with van der Waals surface area (Å²) >= 11 is 0. The van der Waals surface area contributed by atoms with E-state index in [4.69, 9.17) is 11.5 Å². The van der Waals surface area contributed by atoms with Crippen molar-refractivity contribution in [2.45, 2.75) is 45.6 Å². The highest BCUT2D eigenvalue weighted by Crippen LogP contribution is 2.29. The predicted molar refractivity (Wildman–Crippen MR) is 70.5 cm³/mol. The third-order valence-corrected chi connectivity index (χ3v) is 3.76. The largest absolute Gasteiger partial charge is 0.368 e. The third kappa shape index (κ3) is 3.98. The van der Waals surface area contributed by atoms with Crippen LogP contribution in [0.25, 0.3) is 0 Å². The van der Waals surface area contributed by atoms with Crippen molar-refractivity contribution in [1.29, 1.82) is 0 Å². The van der Waals surface area contributed by atoms with Gasteiger partial charge in [-0.05, 0) is 52.0 Å². The molecule has 104 valence electrons. The van der Waals surface area contributed by atoms with Crippen molar-refractivity contribution in [1.82, 2.24) is 4.90 Å². The van der Waals surface area contributed by atoms with Gasteiger partial charge in [0.15, 0.2) is 0 Å². The molecule has 0 saturated heterocycles. The number of carbonyl (C=O) groups is 2. The summed E-state index contributed by atoms with van der Waals surface area (Å²) < 4.78 is 0. The highest BCUT2D eigenvalue weighted by atomic mass is 16.2. The lowest BCUT2D eigenvalue weighted by atomic mass is 9.81. The molecule has 0 spiro atoms. The average molecular weight is 255 g/mol. The predicted octanol–water partition coefficient (Wildman–Crippen LogP) is 0.474. The zero-order valence-corrected chi connectivity index (χ0v) is 11.4. The smallest absolute Gasteiger partial charge is 0.237 e. The Labute approximate surface area is 109 Å². The molecular formula is C13H25N3O2. The van der Waals surface area contributed by atoms with Crippen LogP contribution in [0.4, 0.5) is 0 Å². The van der Waals surface area contributed by atoms with E-state index in [-0.39, 0.29) is 24.4 Å². The minimum absolute atomic E-state index is 0.0113. The van der Waals surface area contributed by atoms with Crippen LogP contribution in [-0.4, -0.2) is 35.8 Å². The first kappa shape index (κ1) is 15.0. The molecule has 4 N–H and O–H groups in total. The van der Waals surface area contributed by atoms with E-state index < -0.39 is 5.91 Å². The van der Waals surface area contributed by atoms with E-state index in [2.05, 4.69) is 0 Å². The number of nitrogens with two attached hydrogens (primary N) is 2. The number of carbonyl (C=O) groups excluding carboxylic acids is 2. The van der Waals surface area contributed by atoms with Crippen molar-refractivity contribution < 1.29 is 9.59 Å². The molecule has 0 aromatic carbocycles. The first-order valence-corrected chi connectivity index (χ1v) is 6.74. The number of hydrogen-bond donors (Lipinski definition) is 2. The van der Waals surface area contributed by atoms with Gasteiger partial charge in [0.2, 0.25) is 11.8 Å². The summed E-state index contributed by atoms with van der Waals surface area (Å²) in [5, 5.41) is 0. The molecule has 0 aromatic heterocycles. The van der Waals surface area contributed by atoms with E-state index in [1.165, 1.54) is 0 Å². The quantitative estimate of drug-likeness (QED) is 0.748. The van der Waals surface area contributed by atoms with E-state index >= 15 is 0 Å². The van der Waals surface area contributed by atoms with Crippen LogP contribution in [0.15, 0.2) is 0 Å². The Balaban J connectivity index is 2.58. The third-order valence-electron chi connectivity index (χ3n) is 3.76. The molecule has 1 rings (SSSR count). The maximum Gasteiger partial charge on any atom is 0.237 e. The molecule has 5 heteroatoms. The molecule has 0 heterocycles. The molecule has 1 aliphatic carbocycles. The molecule has 0 bridgehead atoms. The van der Waals surface area contributed by atoms with Crippen LogP contribution in [0.1, 0.15) is 39.5 Å². The molecule has 1 fully saturated rings. The van der Waals surface area contributed by atoms with Crippen molar-refractivity contribution in [2.75, 3.05) is 13.1 Å². The van der Waals surface area contributed by atoms with Gasteiger partial charge in [-0.25, -0.2) is 0 Å². The Morgan fingerprint density at radius 3 is 2.17 bits per heavy atom. The van der Waals surface area contributed by atoms with Gasteiger partial charge in [0.1, 0.15) is 0 Å². The minimum atomic E-state index is -0.451. The number of amides is 2. The monoisotopic (exact) mass is 255 g/mol. The number of primary amides is 1. The maximum atomic E-state index is 12.4. The van der Waals surface area contributed by atoms with Crippen LogP contribution in [0.3, 0.4) is 0 Å². The fourth-order valence-electron chi connectivity index (χ4n) is 2.56. The second-order valence-corrected chi connectivity index (χ2v) is 5.48. The van der Waals surface area contributed by atoms with Gasteiger partial charge >= 0.3 is 0 Å². The first-order chi connectivity index (χ1) is 8.45.